The number of benzene rings is 1. The molecule has 4 heteroatoms. The number of Topliss-reactive ketones (excluding diaryl/α,β-unsaturated/α-hetero) is 1. The van der Waals surface area contributed by atoms with Crippen molar-refractivity contribution in [2.24, 2.45) is 11.8 Å². The van der Waals surface area contributed by atoms with Crippen molar-refractivity contribution < 1.29 is 14.0 Å². The lowest BCUT2D eigenvalue weighted by molar-refractivity contribution is -0.133. The lowest BCUT2D eigenvalue weighted by atomic mass is 9.87. The Morgan fingerprint density at radius 3 is 2.61 bits per heavy atom. The number of amides is 1. The highest BCUT2D eigenvalue weighted by atomic mass is 19.1. The van der Waals surface area contributed by atoms with Crippen molar-refractivity contribution in [3.05, 3.63) is 35.1 Å². The Morgan fingerprint density at radius 1 is 1.22 bits per heavy atom. The van der Waals surface area contributed by atoms with Gasteiger partial charge in [-0.1, -0.05) is 26.0 Å². The summed E-state index contributed by atoms with van der Waals surface area (Å²) in [6.45, 7) is 4.92. The number of nitrogens with zero attached hydrogens (tertiary/aromatic N) is 1. The number of likely N-dealkylation sites (tertiary alicyclic amines) is 1. The molecule has 1 heterocycles. The third-order valence-electron chi connectivity index (χ3n) is 4.92. The van der Waals surface area contributed by atoms with E-state index in [1.54, 1.807) is 32.0 Å². The van der Waals surface area contributed by atoms with Crippen LogP contribution in [0.1, 0.15) is 61.4 Å². The van der Waals surface area contributed by atoms with Gasteiger partial charge in [-0.2, -0.15) is 0 Å². The van der Waals surface area contributed by atoms with Gasteiger partial charge in [0.15, 0.2) is 5.78 Å². The molecule has 0 radical (unpaired) electrons. The molecule has 1 aromatic carbocycles. The van der Waals surface area contributed by atoms with Gasteiger partial charge in [0.25, 0.3) is 0 Å². The molecule has 2 aliphatic rings. The van der Waals surface area contributed by atoms with Gasteiger partial charge in [-0.3, -0.25) is 9.59 Å². The quantitative estimate of drug-likeness (QED) is 0.793. The van der Waals surface area contributed by atoms with E-state index in [2.05, 4.69) is 0 Å². The second kappa shape index (κ2) is 6.42. The summed E-state index contributed by atoms with van der Waals surface area (Å²) in [6, 6.07) is 5.09. The van der Waals surface area contributed by atoms with Crippen LogP contribution in [0.3, 0.4) is 0 Å². The minimum Gasteiger partial charge on any atom is -0.342 e. The maximum Gasteiger partial charge on any atom is 0.225 e. The summed E-state index contributed by atoms with van der Waals surface area (Å²) in [5, 5.41) is 0. The predicted molar refractivity (Wildman–Crippen MR) is 86.8 cm³/mol. The van der Waals surface area contributed by atoms with Gasteiger partial charge in [0, 0.05) is 30.8 Å². The van der Waals surface area contributed by atoms with Crippen LogP contribution in [0.4, 0.5) is 4.39 Å². The molecule has 1 unspecified atom stereocenters. The smallest absolute Gasteiger partial charge is 0.225 e. The van der Waals surface area contributed by atoms with Crippen molar-refractivity contribution in [1.82, 2.24) is 4.90 Å². The van der Waals surface area contributed by atoms with Crippen molar-refractivity contribution >= 4 is 11.7 Å². The monoisotopic (exact) mass is 317 g/mol. The second-order valence-electron chi connectivity index (χ2n) is 7.13. The fraction of sp³-hybridized carbons (Fsp3) is 0.579. The molecule has 23 heavy (non-hydrogen) atoms. The first-order valence-electron chi connectivity index (χ1n) is 8.60. The molecule has 1 atom stereocenters. The third kappa shape index (κ3) is 3.31. The van der Waals surface area contributed by atoms with Crippen molar-refractivity contribution in [2.45, 2.75) is 45.4 Å². The Kier molecular flexibility index (Phi) is 4.51. The standard InChI is InChI=1S/C19H24FNO2/c1-12(2)18(22)16-7-3-6-15(17(16)20)14-5-4-10-21(11-14)19(23)13-8-9-13/h3,6-7,12-14H,4-5,8-11H2,1-2H3. The summed E-state index contributed by atoms with van der Waals surface area (Å²) in [5.74, 6) is -0.356. The molecule has 0 bridgehead atoms. The number of carbonyl (C=O) groups is 2. The van der Waals surface area contributed by atoms with Crippen LogP contribution in [0.5, 0.6) is 0 Å². The van der Waals surface area contributed by atoms with E-state index in [9.17, 15) is 14.0 Å². The minimum atomic E-state index is -0.392. The van der Waals surface area contributed by atoms with Gasteiger partial charge in [-0.05, 0) is 37.3 Å². The SMILES string of the molecule is CC(C)C(=O)c1cccc(C2CCCN(C(=O)C3CC3)C2)c1F. The second-order valence-corrected chi connectivity index (χ2v) is 7.13. The zero-order chi connectivity index (χ0) is 16.6. The molecular weight excluding hydrogens is 293 g/mol. The number of hydrogen-bond donors (Lipinski definition) is 0. The number of halogens is 1. The Bertz CT molecular complexity index is 622. The minimum absolute atomic E-state index is 0.00800. The first-order chi connectivity index (χ1) is 11.0. The van der Waals surface area contributed by atoms with Gasteiger partial charge in [0.1, 0.15) is 5.82 Å². The Morgan fingerprint density at radius 2 is 1.96 bits per heavy atom. The fourth-order valence-electron chi connectivity index (χ4n) is 3.39. The average molecular weight is 317 g/mol. The van der Waals surface area contributed by atoms with Crippen LogP contribution in [0.15, 0.2) is 18.2 Å². The zero-order valence-electron chi connectivity index (χ0n) is 13.8. The van der Waals surface area contributed by atoms with E-state index < -0.39 is 5.82 Å². The van der Waals surface area contributed by atoms with Crippen LogP contribution in [-0.4, -0.2) is 29.7 Å². The van der Waals surface area contributed by atoms with Gasteiger partial charge in [0.2, 0.25) is 5.91 Å². The number of ketones is 1. The lowest BCUT2D eigenvalue weighted by Gasteiger charge is -2.33. The molecule has 1 saturated heterocycles. The van der Waals surface area contributed by atoms with Crippen molar-refractivity contribution in [1.29, 1.82) is 0 Å². The molecule has 2 fully saturated rings. The summed E-state index contributed by atoms with van der Waals surface area (Å²) in [7, 11) is 0. The molecule has 3 rings (SSSR count). The maximum atomic E-state index is 14.8. The maximum absolute atomic E-state index is 14.8. The molecule has 3 nitrogen and oxygen atoms in total. The van der Waals surface area contributed by atoms with Gasteiger partial charge < -0.3 is 4.90 Å². The molecule has 1 aliphatic carbocycles. The van der Waals surface area contributed by atoms with Gasteiger partial charge in [-0.25, -0.2) is 4.39 Å². The highest BCUT2D eigenvalue weighted by Crippen LogP contribution is 2.35. The van der Waals surface area contributed by atoms with E-state index in [0.29, 0.717) is 12.1 Å². The molecule has 0 aromatic heterocycles. The van der Waals surface area contributed by atoms with Crippen LogP contribution in [0.2, 0.25) is 0 Å². The van der Waals surface area contributed by atoms with E-state index >= 15 is 0 Å². The Hall–Kier alpha value is -1.71. The summed E-state index contributed by atoms with van der Waals surface area (Å²) in [5.41, 5.74) is 0.771. The summed E-state index contributed by atoms with van der Waals surface area (Å²) in [4.78, 5) is 26.3. The summed E-state index contributed by atoms with van der Waals surface area (Å²) < 4.78 is 14.8. The lowest BCUT2D eigenvalue weighted by Crippen LogP contribution is -2.40. The largest absolute Gasteiger partial charge is 0.342 e. The number of hydrogen-bond acceptors (Lipinski definition) is 2. The first kappa shape index (κ1) is 16.2. The van der Waals surface area contributed by atoms with Crippen LogP contribution < -0.4 is 0 Å². The van der Waals surface area contributed by atoms with Gasteiger partial charge in [0.05, 0.1) is 5.56 Å². The van der Waals surface area contributed by atoms with E-state index in [4.69, 9.17) is 0 Å². The van der Waals surface area contributed by atoms with Gasteiger partial charge in [-0.15, -0.1) is 0 Å². The van der Waals surface area contributed by atoms with Crippen LogP contribution >= 0.6 is 0 Å². The molecular formula is C19H24FNO2. The topological polar surface area (TPSA) is 37.4 Å². The van der Waals surface area contributed by atoms with Crippen LogP contribution in [-0.2, 0) is 4.79 Å². The molecule has 0 N–H and O–H groups in total. The molecule has 1 aliphatic heterocycles. The van der Waals surface area contributed by atoms with Crippen LogP contribution in [0, 0.1) is 17.7 Å². The van der Waals surface area contributed by atoms with E-state index in [-0.39, 0.29) is 35.0 Å². The van der Waals surface area contributed by atoms with E-state index in [1.807, 2.05) is 4.90 Å². The average Bonchev–Trinajstić information content (AvgIpc) is 3.38. The normalized spacial score (nSPS) is 21.6. The molecule has 0 spiro atoms. The first-order valence-corrected chi connectivity index (χ1v) is 8.60. The molecule has 1 amide bonds. The highest BCUT2D eigenvalue weighted by Gasteiger charge is 2.36. The number of piperidine rings is 1. The van der Waals surface area contributed by atoms with Crippen molar-refractivity contribution in [3.8, 4) is 0 Å². The Labute approximate surface area is 136 Å². The number of carbonyl (C=O) groups excluding carboxylic acids is 2. The molecule has 1 aromatic rings. The third-order valence-corrected chi connectivity index (χ3v) is 4.92. The predicted octanol–water partition coefficient (Wildman–Crippen LogP) is 3.78. The van der Waals surface area contributed by atoms with E-state index in [0.717, 1.165) is 32.2 Å². The summed E-state index contributed by atoms with van der Waals surface area (Å²) in [6.07, 6.45) is 3.75. The molecule has 1 saturated carbocycles. The van der Waals surface area contributed by atoms with Crippen molar-refractivity contribution in [3.63, 3.8) is 0 Å². The molecule has 124 valence electrons. The van der Waals surface area contributed by atoms with Crippen LogP contribution in [0.25, 0.3) is 0 Å². The van der Waals surface area contributed by atoms with Gasteiger partial charge >= 0.3 is 0 Å². The number of rotatable bonds is 4. The highest BCUT2D eigenvalue weighted by molar-refractivity contribution is 5.97. The summed E-state index contributed by atoms with van der Waals surface area (Å²) >= 11 is 0. The fourth-order valence-corrected chi connectivity index (χ4v) is 3.39. The van der Waals surface area contributed by atoms with Crippen molar-refractivity contribution in [2.75, 3.05) is 13.1 Å². The van der Waals surface area contributed by atoms with E-state index in [1.165, 1.54) is 0 Å². The Balaban J connectivity index is 1.82. The zero-order valence-corrected chi connectivity index (χ0v) is 13.8.